The number of nitrogens with zero attached hydrogens (tertiary/aromatic N) is 4. The molecule has 0 aromatic carbocycles. The maximum absolute atomic E-state index is 12.4. The molecule has 1 aliphatic rings. The maximum atomic E-state index is 12.4. The van der Waals surface area contributed by atoms with Crippen LogP contribution in [-0.4, -0.2) is 66.5 Å². The van der Waals surface area contributed by atoms with Gasteiger partial charge in [0.1, 0.15) is 0 Å². The zero-order chi connectivity index (χ0) is 19.1. The number of ether oxygens (including phenoxy) is 1. The van der Waals surface area contributed by atoms with Gasteiger partial charge in [-0.1, -0.05) is 6.07 Å². The molecule has 9 heteroatoms. The summed E-state index contributed by atoms with van der Waals surface area (Å²) in [6.07, 6.45) is 3.29. The van der Waals surface area contributed by atoms with Gasteiger partial charge in [-0.15, -0.1) is 24.0 Å². The molecule has 8 nitrogen and oxygen atoms in total. The first-order chi connectivity index (χ1) is 13.2. The molecule has 0 spiro atoms. The van der Waals surface area contributed by atoms with E-state index in [0.29, 0.717) is 31.3 Å². The number of guanidine groups is 1. The Morgan fingerprint density at radius 1 is 1.25 bits per heavy atom. The maximum Gasteiger partial charge on any atom is 0.289 e. The average Bonchev–Trinajstić information content (AvgIpc) is 3.26. The Labute approximate surface area is 182 Å². The van der Waals surface area contributed by atoms with Gasteiger partial charge >= 0.3 is 0 Å². The lowest BCUT2D eigenvalue weighted by atomic mass is 10.3. The first-order valence-electron chi connectivity index (χ1n) is 9.06. The second-order valence-corrected chi connectivity index (χ2v) is 6.14. The Morgan fingerprint density at radius 3 is 2.57 bits per heavy atom. The summed E-state index contributed by atoms with van der Waals surface area (Å²) >= 11 is 0. The van der Waals surface area contributed by atoms with E-state index in [4.69, 9.17) is 14.1 Å². The molecule has 2 aromatic rings. The van der Waals surface area contributed by atoms with Crippen molar-refractivity contribution in [1.29, 1.82) is 0 Å². The van der Waals surface area contributed by atoms with Crippen LogP contribution in [0.25, 0.3) is 0 Å². The lowest BCUT2D eigenvalue weighted by Gasteiger charge is -2.36. The van der Waals surface area contributed by atoms with Crippen LogP contribution in [0.4, 0.5) is 0 Å². The number of hydrogen-bond acceptors (Lipinski definition) is 5. The normalized spacial score (nSPS) is 14.4. The van der Waals surface area contributed by atoms with Gasteiger partial charge in [0, 0.05) is 45.0 Å². The first-order valence-corrected chi connectivity index (χ1v) is 9.06. The van der Waals surface area contributed by atoms with Crippen LogP contribution in [0.15, 0.2) is 46.1 Å². The van der Waals surface area contributed by atoms with Crippen molar-refractivity contribution in [1.82, 2.24) is 20.1 Å². The van der Waals surface area contributed by atoms with E-state index in [0.717, 1.165) is 31.2 Å². The number of rotatable bonds is 5. The second-order valence-electron chi connectivity index (χ2n) is 6.14. The number of furan rings is 1. The Kier molecular flexibility index (Phi) is 8.55. The predicted octanol–water partition coefficient (Wildman–Crippen LogP) is 2.22. The zero-order valence-electron chi connectivity index (χ0n) is 16.1. The lowest BCUT2D eigenvalue weighted by Crippen LogP contribution is -2.53. The topological polar surface area (TPSA) is 83.2 Å². The SMILES string of the molecule is CCNC(=NCc1ccc(OC)nc1)N1CCN(C(=O)c2ccco2)CC1.I. The van der Waals surface area contributed by atoms with Crippen LogP contribution in [0.1, 0.15) is 23.0 Å². The summed E-state index contributed by atoms with van der Waals surface area (Å²) in [6.45, 7) is 6.07. The van der Waals surface area contributed by atoms with Crippen LogP contribution in [-0.2, 0) is 6.54 Å². The number of pyridine rings is 1. The van der Waals surface area contributed by atoms with E-state index in [1.165, 1.54) is 6.26 Å². The number of nitrogens with one attached hydrogen (secondary N) is 1. The summed E-state index contributed by atoms with van der Waals surface area (Å²) in [5.41, 5.74) is 1.01. The quantitative estimate of drug-likeness (QED) is 0.386. The smallest absolute Gasteiger partial charge is 0.289 e. The number of halogens is 1. The molecule has 28 heavy (non-hydrogen) atoms. The molecule has 2 aromatic heterocycles. The minimum Gasteiger partial charge on any atom is -0.481 e. The van der Waals surface area contributed by atoms with Crippen molar-refractivity contribution in [3.05, 3.63) is 48.0 Å². The van der Waals surface area contributed by atoms with E-state index in [1.54, 1.807) is 25.4 Å². The minimum atomic E-state index is -0.0640. The number of hydrogen-bond donors (Lipinski definition) is 1. The molecule has 1 amide bonds. The highest BCUT2D eigenvalue weighted by atomic mass is 127. The zero-order valence-corrected chi connectivity index (χ0v) is 18.5. The number of carbonyl (C=O) groups excluding carboxylic acids is 1. The molecule has 1 saturated heterocycles. The summed E-state index contributed by atoms with van der Waals surface area (Å²) in [5.74, 6) is 1.76. The van der Waals surface area contributed by atoms with E-state index in [9.17, 15) is 4.79 Å². The van der Waals surface area contributed by atoms with Gasteiger partial charge < -0.3 is 24.3 Å². The molecule has 0 unspecified atom stereocenters. The molecule has 1 N–H and O–H groups in total. The van der Waals surface area contributed by atoms with Crippen LogP contribution >= 0.6 is 24.0 Å². The van der Waals surface area contributed by atoms with Gasteiger partial charge in [0.25, 0.3) is 5.91 Å². The Hall–Kier alpha value is -2.30. The van der Waals surface area contributed by atoms with Gasteiger partial charge in [-0.25, -0.2) is 9.98 Å². The summed E-state index contributed by atoms with van der Waals surface area (Å²) in [6, 6.07) is 7.21. The van der Waals surface area contributed by atoms with Crippen LogP contribution in [0, 0.1) is 0 Å². The van der Waals surface area contributed by atoms with E-state index in [1.807, 2.05) is 24.0 Å². The monoisotopic (exact) mass is 499 g/mol. The summed E-state index contributed by atoms with van der Waals surface area (Å²) < 4.78 is 10.3. The van der Waals surface area contributed by atoms with Crippen molar-refractivity contribution in [2.45, 2.75) is 13.5 Å². The van der Waals surface area contributed by atoms with E-state index in [2.05, 4.69) is 15.2 Å². The number of piperazine rings is 1. The molecule has 3 heterocycles. The van der Waals surface area contributed by atoms with Crippen molar-refractivity contribution < 1.29 is 13.9 Å². The summed E-state index contributed by atoms with van der Waals surface area (Å²) in [4.78, 5) is 25.3. The average molecular weight is 499 g/mol. The largest absolute Gasteiger partial charge is 0.481 e. The van der Waals surface area contributed by atoms with Crippen LogP contribution < -0.4 is 10.1 Å². The Balaban J connectivity index is 0.00000280. The third-order valence-corrected chi connectivity index (χ3v) is 4.35. The number of aliphatic imine (C=N–C) groups is 1. The number of amides is 1. The van der Waals surface area contributed by atoms with Gasteiger partial charge in [0.15, 0.2) is 11.7 Å². The molecule has 0 radical (unpaired) electrons. The molecule has 1 aliphatic heterocycles. The van der Waals surface area contributed by atoms with Crippen molar-refractivity contribution >= 4 is 35.8 Å². The minimum absolute atomic E-state index is 0. The molecule has 0 atom stereocenters. The summed E-state index contributed by atoms with van der Waals surface area (Å²) in [7, 11) is 1.60. The van der Waals surface area contributed by atoms with Crippen LogP contribution in [0.3, 0.4) is 0 Å². The highest BCUT2D eigenvalue weighted by Gasteiger charge is 2.25. The molecular formula is C19H26IN5O3. The van der Waals surface area contributed by atoms with Gasteiger partial charge in [0.2, 0.25) is 5.88 Å². The van der Waals surface area contributed by atoms with Gasteiger partial charge in [-0.3, -0.25) is 4.79 Å². The standard InChI is InChI=1S/C19H25N5O3.HI/c1-3-20-19(22-14-15-6-7-17(26-2)21-13-15)24-10-8-23(9-11-24)18(25)16-5-4-12-27-16;/h4-7,12-13H,3,8-11,14H2,1-2H3,(H,20,22);1H. The molecule has 152 valence electrons. The van der Waals surface area contributed by atoms with E-state index < -0.39 is 0 Å². The van der Waals surface area contributed by atoms with Crippen molar-refractivity contribution in [3.63, 3.8) is 0 Å². The molecular weight excluding hydrogens is 473 g/mol. The molecule has 3 rings (SSSR count). The lowest BCUT2D eigenvalue weighted by molar-refractivity contribution is 0.0657. The van der Waals surface area contributed by atoms with Gasteiger partial charge in [0.05, 0.1) is 19.9 Å². The first kappa shape index (κ1) is 22.0. The van der Waals surface area contributed by atoms with Crippen molar-refractivity contribution in [2.75, 3.05) is 39.8 Å². The number of carbonyl (C=O) groups is 1. The fourth-order valence-corrected chi connectivity index (χ4v) is 2.89. The van der Waals surface area contributed by atoms with E-state index >= 15 is 0 Å². The fourth-order valence-electron chi connectivity index (χ4n) is 2.89. The highest BCUT2D eigenvalue weighted by Crippen LogP contribution is 2.11. The fraction of sp³-hybridized carbons (Fsp3) is 0.421. The van der Waals surface area contributed by atoms with Gasteiger partial charge in [-0.05, 0) is 24.6 Å². The Morgan fingerprint density at radius 2 is 2.00 bits per heavy atom. The van der Waals surface area contributed by atoms with Crippen molar-refractivity contribution in [2.24, 2.45) is 4.99 Å². The third kappa shape index (κ3) is 5.60. The molecule has 0 aliphatic carbocycles. The number of methoxy groups -OCH3 is 1. The van der Waals surface area contributed by atoms with Crippen LogP contribution in [0.2, 0.25) is 0 Å². The summed E-state index contributed by atoms with van der Waals surface area (Å²) in [5, 5.41) is 3.33. The number of aromatic nitrogens is 1. The molecule has 0 bridgehead atoms. The molecule has 1 fully saturated rings. The van der Waals surface area contributed by atoms with Gasteiger partial charge in [-0.2, -0.15) is 0 Å². The van der Waals surface area contributed by atoms with Crippen LogP contribution in [0.5, 0.6) is 5.88 Å². The van der Waals surface area contributed by atoms with Crippen molar-refractivity contribution in [3.8, 4) is 5.88 Å². The predicted molar refractivity (Wildman–Crippen MR) is 117 cm³/mol. The van der Waals surface area contributed by atoms with E-state index in [-0.39, 0.29) is 29.9 Å². The third-order valence-electron chi connectivity index (χ3n) is 4.35. The highest BCUT2D eigenvalue weighted by molar-refractivity contribution is 14.0. The second kappa shape index (κ2) is 10.9. The Bertz CT molecular complexity index is 756. The molecule has 0 saturated carbocycles.